The lowest BCUT2D eigenvalue weighted by Crippen LogP contribution is -2.13. The molecule has 0 radical (unpaired) electrons. The summed E-state index contributed by atoms with van der Waals surface area (Å²) in [5, 5.41) is 15.7. The molecule has 0 bridgehead atoms. The van der Waals surface area contributed by atoms with Gasteiger partial charge in [0, 0.05) is 13.1 Å². The van der Waals surface area contributed by atoms with Gasteiger partial charge in [0.25, 0.3) is 0 Å². The average molecular weight is 263 g/mol. The highest BCUT2D eigenvalue weighted by Crippen LogP contribution is 2.03. The summed E-state index contributed by atoms with van der Waals surface area (Å²) in [7, 11) is 0. The Kier molecular flexibility index (Phi) is 4.62. The first-order chi connectivity index (χ1) is 9.19. The van der Waals surface area contributed by atoms with Gasteiger partial charge in [-0.2, -0.15) is 5.10 Å². The summed E-state index contributed by atoms with van der Waals surface area (Å²) in [6.45, 7) is 9.54. The minimum absolute atomic E-state index is 0.542. The lowest BCUT2D eigenvalue weighted by atomic mass is 10.2. The van der Waals surface area contributed by atoms with Crippen LogP contribution in [-0.2, 0) is 19.6 Å². The van der Waals surface area contributed by atoms with E-state index in [4.69, 9.17) is 0 Å². The molecule has 0 saturated heterocycles. The summed E-state index contributed by atoms with van der Waals surface area (Å²) >= 11 is 0. The zero-order valence-corrected chi connectivity index (χ0v) is 11.7. The Hall–Kier alpha value is -1.76. The highest BCUT2D eigenvalue weighted by molar-refractivity contribution is 4.94. The van der Waals surface area contributed by atoms with Crippen LogP contribution in [0.1, 0.15) is 32.3 Å². The Labute approximate surface area is 113 Å². The van der Waals surface area contributed by atoms with Crippen molar-refractivity contribution in [2.45, 2.75) is 40.4 Å². The molecule has 0 saturated carbocycles. The van der Waals surface area contributed by atoms with Crippen LogP contribution >= 0.6 is 0 Å². The third-order valence-electron chi connectivity index (χ3n) is 2.68. The van der Waals surface area contributed by atoms with Crippen LogP contribution in [0.15, 0.2) is 12.5 Å². The highest BCUT2D eigenvalue weighted by Gasteiger charge is 2.08. The molecule has 2 heterocycles. The fraction of sp³-hybridized carbons (Fsp3) is 0.667. The number of rotatable bonds is 7. The van der Waals surface area contributed by atoms with E-state index in [-0.39, 0.29) is 0 Å². The molecule has 0 aliphatic rings. The molecule has 2 rings (SSSR count). The zero-order chi connectivity index (χ0) is 13.7. The van der Waals surface area contributed by atoms with E-state index in [9.17, 15) is 0 Å². The van der Waals surface area contributed by atoms with Crippen LogP contribution in [0, 0.1) is 5.92 Å². The second-order valence-corrected chi connectivity index (χ2v) is 4.94. The smallest absolute Gasteiger partial charge is 0.148 e. The summed E-state index contributed by atoms with van der Waals surface area (Å²) < 4.78 is 3.73. The van der Waals surface area contributed by atoms with Crippen molar-refractivity contribution in [2.75, 3.05) is 6.54 Å². The molecule has 19 heavy (non-hydrogen) atoms. The van der Waals surface area contributed by atoms with Crippen LogP contribution in [-0.4, -0.2) is 36.3 Å². The van der Waals surface area contributed by atoms with Crippen molar-refractivity contribution in [1.82, 2.24) is 35.1 Å². The zero-order valence-electron chi connectivity index (χ0n) is 11.7. The normalized spacial score (nSPS) is 11.4. The topological polar surface area (TPSA) is 73.5 Å². The number of hydrogen-bond acceptors (Lipinski definition) is 5. The first-order valence-electron chi connectivity index (χ1n) is 6.65. The molecule has 1 N–H and O–H groups in total. The van der Waals surface area contributed by atoms with E-state index >= 15 is 0 Å². The third-order valence-corrected chi connectivity index (χ3v) is 2.68. The molecule has 0 atom stereocenters. The minimum atomic E-state index is 0.542. The van der Waals surface area contributed by atoms with Crippen molar-refractivity contribution in [1.29, 1.82) is 0 Å². The SMILES string of the molecule is CCNCc1cn(Cc2ncnn2CC(C)C)nn1. The molecule has 0 aliphatic heterocycles. The minimum Gasteiger partial charge on any atom is -0.311 e. The van der Waals surface area contributed by atoms with Gasteiger partial charge in [-0.15, -0.1) is 5.10 Å². The maximum absolute atomic E-state index is 4.28. The molecule has 2 aromatic heterocycles. The van der Waals surface area contributed by atoms with E-state index in [0.29, 0.717) is 12.5 Å². The molecule has 0 aliphatic carbocycles. The van der Waals surface area contributed by atoms with Gasteiger partial charge < -0.3 is 5.32 Å². The molecule has 2 aromatic rings. The van der Waals surface area contributed by atoms with Crippen molar-refractivity contribution in [2.24, 2.45) is 5.92 Å². The first-order valence-corrected chi connectivity index (χ1v) is 6.65. The summed E-state index contributed by atoms with van der Waals surface area (Å²) in [6, 6.07) is 0. The van der Waals surface area contributed by atoms with Gasteiger partial charge in [-0.3, -0.25) is 0 Å². The fourth-order valence-corrected chi connectivity index (χ4v) is 1.80. The van der Waals surface area contributed by atoms with Crippen LogP contribution in [0.25, 0.3) is 0 Å². The Balaban J connectivity index is 2.00. The van der Waals surface area contributed by atoms with Crippen molar-refractivity contribution < 1.29 is 0 Å². The summed E-state index contributed by atoms with van der Waals surface area (Å²) in [4.78, 5) is 4.28. The number of nitrogens with zero attached hydrogens (tertiary/aromatic N) is 6. The van der Waals surface area contributed by atoms with Crippen LogP contribution in [0.2, 0.25) is 0 Å². The quantitative estimate of drug-likeness (QED) is 0.795. The van der Waals surface area contributed by atoms with Crippen molar-refractivity contribution in [3.8, 4) is 0 Å². The van der Waals surface area contributed by atoms with E-state index in [2.05, 4.69) is 46.5 Å². The van der Waals surface area contributed by atoms with Gasteiger partial charge in [0.05, 0.1) is 11.9 Å². The maximum atomic E-state index is 4.28. The molecule has 7 heteroatoms. The molecule has 0 spiro atoms. The van der Waals surface area contributed by atoms with Gasteiger partial charge in [0.15, 0.2) is 0 Å². The van der Waals surface area contributed by atoms with E-state index < -0.39 is 0 Å². The predicted octanol–water partition coefficient (Wildman–Crippen LogP) is 0.683. The van der Waals surface area contributed by atoms with Crippen molar-refractivity contribution in [3.63, 3.8) is 0 Å². The second-order valence-electron chi connectivity index (χ2n) is 4.94. The molecule has 104 valence electrons. The number of aromatic nitrogens is 6. The van der Waals surface area contributed by atoms with E-state index in [1.165, 1.54) is 0 Å². The Morgan fingerprint density at radius 1 is 1.37 bits per heavy atom. The molecule has 0 aromatic carbocycles. The van der Waals surface area contributed by atoms with E-state index in [1.54, 1.807) is 11.0 Å². The van der Waals surface area contributed by atoms with Gasteiger partial charge in [0.1, 0.15) is 18.7 Å². The number of hydrogen-bond donors (Lipinski definition) is 1. The summed E-state index contributed by atoms with van der Waals surface area (Å²) in [5.41, 5.74) is 0.941. The van der Waals surface area contributed by atoms with Crippen LogP contribution < -0.4 is 5.32 Å². The fourth-order valence-electron chi connectivity index (χ4n) is 1.80. The monoisotopic (exact) mass is 263 g/mol. The van der Waals surface area contributed by atoms with E-state index in [1.807, 2.05) is 10.9 Å². The Morgan fingerprint density at radius 3 is 2.95 bits per heavy atom. The Morgan fingerprint density at radius 2 is 2.21 bits per heavy atom. The van der Waals surface area contributed by atoms with Gasteiger partial charge in [0.2, 0.25) is 0 Å². The lowest BCUT2D eigenvalue weighted by molar-refractivity contribution is 0.455. The molecule has 0 fully saturated rings. The highest BCUT2D eigenvalue weighted by atomic mass is 15.4. The van der Waals surface area contributed by atoms with Crippen LogP contribution in [0.5, 0.6) is 0 Å². The van der Waals surface area contributed by atoms with Gasteiger partial charge in [-0.05, 0) is 12.5 Å². The van der Waals surface area contributed by atoms with Crippen molar-refractivity contribution >= 4 is 0 Å². The molecule has 0 amide bonds. The average Bonchev–Trinajstić information content (AvgIpc) is 2.97. The van der Waals surface area contributed by atoms with E-state index in [0.717, 1.165) is 31.2 Å². The van der Waals surface area contributed by atoms with Crippen LogP contribution in [0.4, 0.5) is 0 Å². The van der Waals surface area contributed by atoms with Gasteiger partial charge in [-0.1, -0.05) is 26.0 Å². The van der Waals surface area contributed by atoms with Crippen molar-refractivity contribution in [3.05, 3.63) is 24.0 Å². The maximum Gasteiger partial charge on any atom is 0.148 e. The molecular weight excluding hydrogens is 242 g/mol. The molecule has 0 unspecified atom stereocenters. The number of nitrogens with one attached hydrogen (secondary N) is 1. The lowest BCUT2D eigenvalue weighted by Gasteiger charge is -2.07. The second kappa shape index (κ2) is 6.42. The first kappa shape index (κ1) is 13.7. The van der Waals surface area contributed by atoms with Gasteiger partial charge in [-0.25, -0.2) is 14.3 Å². The molecule has 7 nitrogen and oxygen atoms in total. The third kappa shape index (κ3) is 3.85. The predicted molar refractivity (Wildman–Crippen MR) is 71.4 cm³/mol. The summed E-state index contributed by atoms with van der Waals surface area (Å²) in [5.74, 6) is 1.45. The Bertz CT molecular complexity index is 500. The van der Waals surface area contributed by atoms with Gasteiger partial charge >= 0.3 is 0 Å². The molecular formula is C12H21N7. The standard InChI is InChI=1S/C12H21N7/c1-4-13-5-11-7-18(17-16-11)8-12-14-9-15-19(12)6-10(2)3/h7,9-10,13H,4-6,8H2,1-3H3. The summed E-state index contributed by atoms with van der Waals surface area (Å²) in [6.07, 6.45) is 3.53. The van der Waals surface area contributed by atoms with Crippen LogP contribution in [0.3, 0.4) is 0 Å². The largest absolute Gasteiger partial charge is 0.311 e.